The molecule has 0 aromatic heterocycles. The van der Waals surface area contributed by atoms with Crippen LogP contribution in [0.5, 0.6) is 5.75 Å². The molecule has 0 radical (unpaired) electrons. The number of aromatic hydroxyl groups is 1. The molecule has 1 unspecified atom stereocenters. The summed E-state index contributed by atoms with van der Waals surface area (Å²) in [5.74, 6) is -0.550. The third-order valence-electron chi connectivity index (χ3n) is 2.60. The summed E-state index contributed by atoms with van der Waals surface area (Å²) in [6, 6.07) is 12.7. The van der Waals surface area contributed by atoms with Gasteiger partial charge in [0.05, 0.1) is 5.02 Å². The predicted molar refractivity (Wildman–Crippen MR) is 68.8 cm³/mol. The van der Waals surface area contributed by atoms with Gasteiger partial charge in [-0.25, -0.2) is 0 Å². The summed E-state index contributed by atoms with van der Waals surface area (Å²) in [4.78, 5) is 12.0. The Morgan fingerprint density at radius 1 is 1.11 bits per heavy atom. The first-order valence-electron chi connectivity index (χ1n) is 5.35. The minimum atomic E-state index is -1.23. The molecule has 2 rings (SSSR count). The van der Waals surface area contributed by atoms with Crippen molar-refractivity contribution in [2.75, 3.05) is 0 Å². The summed E-state index contributed by atoms with van der Waals surface area (Å²) in [7, 11) is 0. The molecule has 92 valence electrons. The van der Waals surface area contributed by atoms with Crippen LogP contribution >= 0.6 is 11.6 Å². The van der Waals surface area contributed by atoms with Crippen LogP contribution in [0.2, 0.25) is 5.02 Å². The van der Waals surface area contributed by atoms with E-state index in [1.165, 1.54) is 18.2 Å². The van der Waals surface area contributed by atoms with Crippen molar-refractivity contribution in [3.05, 3.63) is 64.7 Å². The number of carbonyl (C=O) groups excluding carboxylic acids is 1. The fraction of sp³-hybridized carbons (Fsp3) is 0.0714. The molecule has 0 fully saturated rings. The number of phenolic OH excluding ortho intramolecular Hbond substituents is 1. The number of phenols is 1. The second kappa shape index (κ2) is 5.21. The van der Waals surface area contributed by atoms with Gasteiger partial charge in [-0.1, -0.05) is 41.9 Å². The lowest BCUT2D eigenvalue weighted by molar-refractivity contribution is 0.0747. The molecule has 0 aliphatic heterocycles. The minimum Gasteiger partial charge on any atom is -0.506 e. The molecule has 2 aromatic carbocycles. The number of aliphatic hydroxyl groups excluding tert-OH is 1. The van der Waals surface area contributed by atoms with Crippen molar-refractivity contribution in [2.45, 2.75) is 6.10 Å². The first-order valence-corrected chi connectivity index (χ1v) is 5.73. The Balaban J connectivity index is 2.29. The van der Waals surface area contributed by atoms with E-state index in [-0.39, 0.29) is 16.3 Å². The van der Waals surface area contributed by atoms with Gasteiger partial charge in [0.2, 0.25) is 0 Å². The number of carbonyl (C=O) groups is 1. The highest BCUT2D eigenvalue weighted by Gasteiger charge is 2.19. The van der Waals surface area contributed by atoms with Gasteiger partial charge in [-0.05, 0) is 23.8 Å². The zero-order valence-corrected chi connectivity index (χ0v) is 10.1. The van der Waals surface area contributed by atoms with Crippen LogP contribution in [0.25, 0.3) is 0 Å². The molecule has 2 N–H and O–H groups in total. The maximum atomic E-state index is 12.0. The van der Waals surface area contributed by atoms with Gasteiger partial charge in [-0.15, -0.1) is 0 Å². The monoisotopic (exact) mass is 262 g/mol. The van der Waals surface area contributed by atoms with Crippen molar-refractivity contribution < 1.29 is 15.0 Å². The second-order valence-corrected chi connectivity index (χ2v) is 4.25. The van der Waals surface area contributed by atoms with E-state index in [9.17, 15) is 15.0 Å². The smallest absolute Gasteiger partial charge is 0.195 e. The number of ketones is 1. The highest BCUT2D eigenvalue weighted by molar-refractivity contribution is 6.32. The molecular weight excluding hydrogens is 252 g/mol. The zero-order chi connectivity index (χ0) is 13.1. The molecule has 0 aliphatic carbocycles. The summed E-state index contributed by atoms with van der Waals surface area (Å²) in [6.07, 6.45) is -1.23. The van der Waals surface area contributed by atoms with Gasteiger partial charge in [0, 0.05) is 5.56 Å². The Bertz CT molecular complexity index is 567. The average Bonchev–Trinajstić information content (AvgIpc) is 2.41. The number of rotatable bonds is 3. The topological polar surface area (TPSA) is 57.5 Å². The second-order valence-electron chi connectivity index (χ2n) is 3.84. The van der Waals surface area contributed by atoms with E-state index in [0.29, 0.717) is 5.56 Å². The molecule has 0 saturated heterocycles. The van der Waals surface area contributed by atoms with E-state index in [4.69, 9.17) is 11.6 Å². The minimum absolute atomic E-state index is 0.0844. The molecule has 18 heavy (non-hydrogen) atoms. The molecule has 1 atom stereocenters. The van der Waals surface area contributed by atoms with E-state index in [1.807, 2.05) is 0 Å². The van der Waals surface area contributed by atoms with Gasteiger partial charge in [0.25, 0.3) is 0 Å². The Morgan fingerprint density at radius 3 is 2.39 bits per heavy atom. The van der Waals surface area contributed by atoms with Crippen LogP contribution in [0, 0.1) is 0 Å². The fourth-order valence-electron chi connectivity index (χ4n) is 1.60. The van der Waals surface area contributed by atoms with Crippen molar-refractivity contribution >= 4 is 17.4 Å². The van der Waals surface area contributed by atoms with Gasteiger partial charge in [-0.3, -0.25) is 4.79 Å². The van der Waals surface area contributed by atoms with Crippen molar-refractivity contribution in [1.29, 1.82) is 0 Å². The number of hydrogen-bond acceptors (Lipinski definition) is 3. The molecule has 0 aliphatic rings. The maximum absolute atomic E-state index is 12.0. The summed E-state index contributed by atoms with van der Waals surface area (Å²) >= 11 is 5.72. The van der Waals surface area contributed by atoms with Gasteiger partial charge in [0.15, 0.2) is 5.78 Å². The van der Waals surface area contributed by atoms with Crippen molar-refractivity contribution in [2.24, 2.45) is 0 Å². The molecule has 4 heteroatoms. The van der Waals surface area contributed by atoms with Crippen LogP contribution in [0.3, 0.4) is 0 Å². The molecule has 2 aromatic rings. The number of halogens is 1. The summed E-state index contributed by atoms with van der Waals surface area (Å²) < 4.78 is 0. The van der Waals surface area contributed by atoms with E-state index in [1.54, 1.807) is 30.3 Å². The van der Waals surface area contributed by atoms with Gasteiger partial charge in [-0.2, -0.15) is 0 Å². The lowest BCUT2D eigenvalue weighted by atomic mass is 10.00. The molecular formula is C14H11ClO3. The van der Waals surface area contributed by atoms with Crippen LogP contribution < -0.4 is 0 Å². The van der Waals surface area contributed by atoms with Crippen LogP contribution in [0.4, 0.5) is 0 Å². The van der Waals surface area contributed by atoms with E-state index in [2.05, 4.69) is 0 Å². The lowest BCUT2D eigenvalue weighted by Gasteiger charge is -2.10. The van der Waals surface area contributed by atoms with Crippen molar-refractivity contribution in [3.8, 4) is 5.75 Å². The summed E-state index contributed by atoms with van der Waals surface area (Å²) in [5, 5.41) is 19.3. The number of Topliss-reactive ketones (excluding diaryl/α,β-unsaturated/α-hetero) is 1. The quantitative estimate of drug-likeness (QED) is 0.836. The van der Waals surface area contributed by atoms with E-state index < -0.39 is 11.9 Å². The van der Waals surface area contributed by atoms with E-state index in [0.717, 1.165) is 0 Å². The maximum Gasteiger partial charge on any atom is 0.195 e. The largest absolute Gasteiger partial charge is 0.506 e. The Kier molecular flexibility index (Phi) is 3.65. The van der Waals surface area contributed by atoms with Crippen LogP contribution in [0.1, 0.15) is 22.0 Å². The predicted octanol–water partition coefficient (Wildman–Crippen LogP) is 2.96. The van der Waals surface area contributed by atoms with Crippen LogP contribution in [-0.2, 0) is 0 Å². The van der Waals surface area contributed by atoms with Gasteiger partial charge in [0.1, 0.15) is 11.9 Å². The third-order valence-corrected chi connectivity index (χ3v) is 2.90. The third kappa shape index (κ3) is 2.53. The number of benzene rings is 2. The Labute approximate surface area is 109 Å². The zero-order valence-electron chi connectivity index (χ0n) is 9.38. The highest BCUT2D eigenvalue weighted by Crippen LogP contribution is 2.26. The van der Waals surface area contributed by atoms with Crippen molar-refractivity contribution in [1.82, 2.24) is 0 Å². The molecule has 0 heterocycles. The van der Waals surface area contributed by atoms with Crippen LogP contribution in [-0.4, -0.2) is 16.0 Å². The highest BCUT2D eigenvalue weighted by atomic mass is 35.5. The van der Waals surface area contributed by atoms with E-state index >= 15 is 0 Å². The summed E-state index contributed by atoms with van der Waals surface area (Å²) in [6.45, 7) is 0. The average molecular weight is 263 g/mol. The lowest BCUT2D eigenvalue weighted by Crippen LogP contribution is -2.12. The molecule has 0 amide bonds. The number of aliphatic hydroxyl groups is 1. The number of hydrogen-bond donors (Lipinski definition) is 2. The molecule has 3 nitrogen and oxygen atoms in total. The normalized spacial score (nSPS) is 12.1. The molecule has 0 saturated carbocycles. The van der Waals surface area contributed by atoms with Crippen LogP contribution in [0.15, 0.2) is 48.5 Å². The van der Waals surface area contributed by atoms with Crippen molar-refractivity contribution in [3.63, 3.8) is 0 Å². The first-order chi connectivity index (χ1) is 8.59. The Morgan fingerprint density at radius 2 is 1.78 bits per heavy atom. The Hall–Kier alpha value is -1.84. The standard InChI is InChI=1S/C14H11ClO3/c15-11-8-10(6-7-12(11)16)14(18)13(17)9-4-2-1-3-5-9/h1-8,13,16-17H. The molecule has 0 bridgehead atoms. The molecule has 0 spiro atoms. The van der Waals surface area contributed by atoms with Gasteiger partial charge >= 0.3 is 0 Å². The first kappa shape index (κ1) is 12.6. The fourth-order valence-corrected chi connectivity index (χ4v) is 1.79. The SMILES string of the molecule is O=C(c1ccc(O)c(Cl)c1)C(O)c1ccccc1. The van der Waals surface area contributed by atoms with Gasteiger partial charge < -0.3 is 10.2 Å². The summed E-state index contributed by atoms with van der Waals surface area (Å²) in [5.41, 5.74) is 0.779.